The van der Waals surface area contributed by atoms with Gasteiger partial charge in [-0.15, -0.1) is 0 Å². The topological polar surface area (TPSA) is 118 Å². The van der Waals surface area contributed by atoms with Crippen molar-refractivity contribution in [3.05, 3.63) is 0 Å². The molecule has 0 aliphatic rings. The van der Waals surface area contributed by atoms with Crippen LogP contribution in [0.1, 0.15) is 26.7 Å². The van der Waals surface area contributed by atoms with Gasteiger partial charge >= 0.3 is 0 Å². The fourth-order valence-electron chi connectivity index (χ4n) is 2.16. The molecule has 0 aliphatic carbocycles. The van der Waals surface area contributed by atoms with Gasteiger partial charge in [-0.3, -0.25) is 9.45 Å². The van der Waals surface area contributed by atoms with Crippen LogP contribution in [-0.2, 0) is 10.1 Å². The third-order valence-electron chi connectivity index (χ3n) is 3.05. The van der Waals surface area contributed by atoms with Gasteiger partial charge in [0.15, 0.2) is 0 Å². The van der Waals surface area contributed by atoms with Gasteiger partial charge in [-0.1, -0.05) is 13.8 Å². The Morgan fingerprint density at radius 1 is 1.16 bits per heavy atom. The van der Waals surface area contributed by atoms with Crippen LogP contribution in [0, 0.1) is 5.92 Å². The summed E-state index contributed by atoms with van der Waals surface area (Å²) >= 11 is 0. The highest BCUT2D eigenvalue weighted by Gasteiger charge is 2.36. The lowest BCUT2D eigenvalue weighted by atomic mass is 9.88. The van der Waals surface area contributed by atoms with Crippen molar-refractivity contribution in [3.63, 3.8) is 0 Å². The van der Waals surface area contributed by atoms with E-state index in [0.717, 1.165) is 0 Å². The minimum Gasteiger partial charge on any atom is -0.394 e. The summed E-state index contributed by atoms with van der Waals surface area (Å²) in [5, 5.41) is 28.4. The zero-order valence-electron chi connectivity index (χ0n) is 11.5. The first kappa shape index (κ1) is 18.8. The Morgan fingerprint density at radius 3 is 2.00 bits per heavy atom. The molecule has 0 fully saturated rings. The van der Waals surface area contributed by atoms with E-state index in [-0.39, 0.29) is 32.1 Å². The van der Waals surface area contributed by atoms with E-state index in [9.17, 15) is 23.7 Å². The highest BCUT2D eigenvalue weighted by atomic mass is 32.2. The van der Waals surface area contributed by atoms with Crippen LogP contribution in [0.4, 0.5) is 0 Å². The van der Waals surface area contributed by atoms with E-state index in [2.05, 4.69) is 0 Å². The van der Waals surface area contributed by atoms with Crippen molar-refractivity contribution >= 4 is 10.1 Å². The molecule has 0 amide bonds. The van der Waals surface area contributed by atoms with Crippen LogP contribution in [0.5, 0.6) is 0 Å². The summed E-state index contributed by atoms with van der Waals surface area (Å²) < 4.78 is 29.9. The molecule has 8 heteroatoms. The Balaban J connectivity index is 4.75. The van der Waals surface area contributed by atoms with Gasteiger partial charge < -0.3 is 15.3 Å². The number of hydrogen-bond acceptors (Lipinski definition) is 6. The molecule has 0 saturated heterocycles. The molecule has 0 saturated carbocycles. The van der Waals surface area contributed by atoms with Crippen LogP contribution in [-0.4, -0.2) is 71.0 Å². The number of nitrogens with zero attached hydrogens (tertiary/aromatic N) is 1. The number of aliphatic hydroxyl groups excluding tert-OH is 3. The average molecular weight is 299 g/mol. The fourth-order valence-corrected chi connectivity index (χ4v) is 2.66. The van der Waals surface area contributed by atoms with Crippen LogP contribution in [0.3, 0.4) is 0 Å². The summed E-state index contributed by atoms with van der Waals surface area (Å²) in [7, 11) is -4.04. The van der Waals surface area contributed by atoms with Crippen molar-refractivity contribution in [1.29, 1.82) is 0 Å². The lowest BCUT2D eigenvalue weighted by molar-refractivity contribution is -0.0663. The van der Waals surface area contributed by atoms with E-state index in [1.807, 2.05) is 13.8 Å². The Hall–Kier alpha value is -0.250. The van der Waals surface area contributed by atoms with E-state index in [0.29, 0.717) is 6.42 Å². The predicted octanol–water partition coefficient (Wildman–Crippen LogP) is -0.714. The molecule has 19 heavy (non-hydrogen) atoms. The van der Waals surface area contributed by atoms with E-state index >= 15 is 0 Å². The average Bonchev–Trinajstić information content (AvgIpc) is 2.30. The molecular weight excluding hydrogens is 274 g/mol. The Kier molecular flexibility index (Phi) is 8.02. The number of aliphatic hydroxyl groups is 3. The SMILES string of the molecule is CC(C)CC(CO)(CO)N(CO)CCCS(=O)(=O)O. The minimum atomic E-state index is -4.04. The third kappa shape index (κ3) is 6.64. The molecule has 0 radical (unpaired) electrons. The maximum atomic E-state index is 10.6. The zero-order chi connectivity index (χ0) is 15.1. The highest BCUT2D eigenvalue weighted by Crippen LogP contribution is 2.23. The van der Waals surface area contributed by atoms with Gasteiger partial charge in [-0.2, -0.15) is 8.42 Å². The van der Waals surface area contributed by atoms with Gasteiger partial charge in [0.25, 0.3) is 10.1 Å². The second kappa shape index (κ2) is 8.13. The molecule has 0 heterocycles. The molecule has 0 aromatic rings. The summed E-state index contributed by atoms with van der Waals surface area (Å²) in [5.41, 5.74) is -0.984. The molecule has 0 aromatic carbocycles. The van der Waals surface area contributed by atoms with Crippen molar-refractivity contribution in [1.82, 2.24) is 4.90 Å². The maximum absolute atomic E-state index is 10.6. The molecule has 0 aromatic heterocycles. The lowest BCUT2D eigenvalue weighted by Crippen LogP contribution is -2.56. The number of rotatable bonds is 10. The van der Waals surface area contributed by atoms with Crippen molar-refractivity contribution in [2.75, 3.05) is 32.2 Å². The first-order valence-corrected chi connectivity index (χ1v) is 7.84. The largest absolute Gasteiger partial charge is 0.394 e. The van der Waals surface area contributed by atoms with Crippen LogP contribution in [0.25, 0.3) is 0 Å². The first-order chi connectivity index (χ1) is 8.70. The van der Waals surface area contributed by atoms with Gasteiger partial charge in [-0.05, 0) is 18.8 Å². The second-order valence-electron chi connectivity index (χ2n) is 5.18. The standard InChI is InChI=1S/C11H25NO6S/c1-10(2)6-11(7-13,8-14)12(9-15)4-3-5-19(16,17)18/h10,13-15H,3-9H2,1-2H3,(H,16,17,18). The van der Waals surface area contributed by atoms with E-state index < -0.39 is 28.1 Å². The third-order valence-corrected chi connectivity index (χ3v) is 3.85. The Labute approximate surface area is 114 Å². The Bertz CT molecular complexity index is 339. The van der Waals surface area contributed by atoms with Gasteiger partial charge in [0.05, 0.1) is 31.2 Å². The van der Waals surface area contributed by atoms with Gasteiger partial charge in [0.1, 0.15) is 0 Å². The van der Waals surface area contributed by atoms with Crippen LogP contribution >= 0.6 is 0 Å². The monoisotopic (exact) mass is 299 g/mol. The second-order valence-corrected chi connectivity index (χ2v) is 6.76. The van der Waals surface area contributed by atoms with Crippen LogP contribution in [0.2, 0.25) is 0 Å². The molecule has 0 rings (SSSR count). The normalized spacial score (nSPS) is 13.5. The van der Waals surface area contributed by atoms with Crippen molar-refractivity contribution in [2.45, 2.75) is 32.2 Å². The smallest absolute Gasteiger partial charge is 0.264 e. The number of hydrogen-bond donors (Lipinski definition) is 4. The molecule has 0 atom stereocenters. The van der Waals surface area contributed by atoms with E-state index in [4.69, 9.17) is 4.55 Å². The van der Waals surface area contributed by atoms with Crippen LogP contribution < -0.4 is 0 Å². The molecule has 0 bridgehead atoms. The van der Waals surface area contributed by atoms with E-state index in [1.165, 1.54) is 4.90 Å². The summed E-state index contributed by atoms with van der Waals surface area (Å²) in [6.45, 7) is 2.92. The summed E-state index contributed by atoms with van der Waals surface area (Å²) in [4.78, 5) is 1.44. The molecule has 7 nitrogen and oxygen atoms in total. The molecule has 0 aliphatic heterocycles. The molecule has 0 unspecified atom stereocenters. The molecule has 4 N–H and O–H groups in total. The van der Waals surface area contributed by atoms with Crippen molar-refractivity contribution < 1.29 is 28.3 Å². The first-order valence-electron chi connectivity index (χ1n) is 6.23. The van der Waals surface area contributed by atoms with E-state index in [1.54, 1.807) is 0 Å². The van der Waals surface area contributed by atoms with Crippen molar-refractivity contribution in [2.24, 2.45) is 5.92 Å². The molecule has 0 spiro atoms. The summed E-state index contributed by atoms with van der Waals surface area (Å²) in [6.07, 6.45) is 0.575. The van der Waals surface area contributed by atoms with Crippen molar-refractivity contribution in [3.8, 4) is 0 Å². The maximum Gasteiger partial charge on any atom is 0.264 e. The van der Waals surface area contributed by atoms with Gasteiger partial charge in [-0.25, -0.2) is 0 Å². The lowest BCUT2D eigenvalue weighted by Gasteiger charge is -2.41. The fraction of sp³-hybridized carbons (Fsp3) is 1.00. The zero-order valence-corrected chi connectivity index (χ0v) is 12.3. The molecular formula is C11H25NO6S. The molecule has 116 valence electrons. The van der Waals surface area contributed by atoms with Crippen LogP contribution in [0.15, 0.2) is 0 Å². The minimum absolute atomic E-state index is 0.110. The quantitative estimate of drug-likeness (QED) is 0.311. The van der Waals surface area contributed by atoms with Gasteiger partial charge in [0, 0.05) is 6.54 Å². The summed E-state index contributed by atoms with van der Waals surface area (Å²) in [5.74, 6) is -0.229. The summed E-state index contributed by atoms with van der Waals surface area (Å²) in [6, 6.07) is 0. The Morgan fingerprint density at radius 2 is 1.68 bits per heavy atom. The predicted molar refractivity (Wildman–Crippen MR) is 71.2 cm³/mol. The highest BCUT2D eigenvalue weighted by molar-refractivity contribution is 7.85. The van der Waals surface area contributed by atoms with Gasteiger partial charge in [0.2, 0.25) is 0 Å².